The molecule has 0 amide bonds. The Bertz CT molecular complexity index is 125. The van der Waals surface area contributed by atoms with Crippen LogP contribution in [0.4, 0.5) is 0 Å². The second kappa shape index (κ2) is 3.49. The van der Waals surface area contributed by atoms with E-state index in [2.05, 4.69) is 0 Å². The lowest BCUT2D eigenvalue weighted by molar-refractivity contribution is -0.369. The average Bonchev–Trinajstić information content (AvgIpc) is 2.47. The van der Waals surface area contributed by atoms with E-state index in [4.69, 9.17) is 14.3 Å². The van der Waals surface area contributed by atoms with Crippen molar-refractivity contribution in [2.45, 2.75) is 18.8 Å². The van der Waals surface area contributed by atoms with Gasteiger partial charge in [-0.05, 0) is 6.42 Å². The molecule has 4 heteroatoms. The van der Waals surface area contributed by atoms with Crippen molar-refractivity contribution in [1.82, 2.24) is 5.06 Å². The van der Waals surface area contributed by atoms with Crippen LogP contribution in [-0.4, -0.2) is 38.8 Å². The standard InChI is InChI=1S/C7H15NO3/c1-9-7(10-2)5-4-6-8(7)11-3/h4-6H2,1-3H3. The quantitative estimate of drug-likeness (QED) is 0.567. The number of methoxy groups -OCH3 is 2. The fourth-order valence-electron chi connectivity index (χ4n) is 1.46. The van der Waals surface area contributed by atoms with Gasteiger partial charge >= 0.3 is 0 Å². The van der Waals surface area contributed by atoms with Gasteiger partial charge in [0.15, 0.2) is 0 Å². The molecule has 1 saturated heterocycles. The lowest BCUT2D eigenvalue weighted by Gasteiger charge is -2.33. The maximum atomic E-state index is 5.23. The first kappa shape index (κ1) is 8.93. The molecule has 0 aliphatic carbocycles. The van der Waals surface area contributed by atoms with Gasteiger partial charge in [0, 0.05) is 27.2 Å². The third kappa shape index (κ3) is 1.39. The third-order valence-electron chi connectivity index (χ3n) is 2.09. The van der Waals surface area contributed by atoms with Crippen LogP contribution in [0, 0.1) is 0 Å². The Morgan fingerprint density at radius 3 is 2.18 bits per heavy atom. The first-order valence-corrected chi connectivity index (χ1v) is 3.71. The Hall–Kier alpha value is -0.160. The molecule has 0 aromatic heterocycles. The molecule has 1 aliphatic rings. The van der Waals surface area contributed by atoms with Gasteiger partial charge in [0.1, 0.15) is 0 Å². The van der Waals surface area contributed by atoms with Crippen molar-refractivity contribution >= 4 is 0 Å². The molecule has 0 bridgehead atoms. The molecule has 1 fully saturated rings. The molecule has 66 valence electrons. The molecule has 4 nitrogen and oxygen atoms in total. The number of rotatable bonds is 3. The van der Waals surface area contributed by atoms with Crippen molar-refractivity contribution in [2.24, 2.45) is 0 Å². The molecular weight excluding hydrogens is 146 g/mol. The average molecular weight is 161 g/mol. The summed E-state index contributed by atoms with van der Waals surface area (Å²) in [6.07, 6.45) is 1.89. The van der Waals surface area contributed by atoms with Crippen LogP contribution in [0.1, 0.15) is 12.8 Å². The van der Waals surface area contributed by atoms with E-state index in [0.29, 0.717) is 0 Å². The monoisotopic (exact) mass is 161 g/mol. The van der Waals surface area contributed by atoms with Crippen LogP contribution in [0.2, 0.25) is 0 Å². The minimum atomic E-state index is -0.644. The van der Waals surface area contributed by atoms with E-state index in [0.717, 1.165) is 19.4 Å². The molecule has 0 aromatic rings. The topological polar surface area (TPSA) is 30.9 Å². The normalized spacial score (nSPS) is 24.3. The summed E-state index contributed by atoms with van der Waals surface area (Å²) in [5, 5.41) is 1.72. The van der Waals surface area contributed by atoms with E-state index in [-0.39, 0.29) is 0 Å². The summed E-state index contributed by atoms with van der Waals surface area (Å²) in [7, 11) is 4.87. The minimum Gasteiger partial charge on any atom is -0.339 e. The van der Waals surface area contributed by atoms with Crippen LogP contribution in [0.15, 0.2) is 0 Å². The van der Waals surface area contributed by atoms with Crippen molar-refractivity contribution in [3.8, 4) is 0 Å². The second-order valence-electron chi connectivity index (χ2n) is 2.51. The Labute approximate surface area is 67.0 Å². The highest BCUT2D eigenvalue weighted by atomic mass is 16.8. The summed E-state index contributed by atoms with van der Waals surface area (Å²) in [6, 6.07) is 0. The SMILES string of the molecule is CON1CCCC1(OC)OC. The van der Waals surface area contributed by atoms with Crippen molar-refractivity contribution in [3.05, 3.63) is 0 Å². The zero-order valence-corrected chi connectivity index (χ0v) is 7.29. The molecular formula is C7H15NO3. The van der Waals surface area contributed by atoms with Gasteiger partial charge in [-0.15, -0.1) is 5.06 Å². The number of ether oxygens (including phenoxy) is 2. The van der Waals surface area contributed by atoms with Gasteiger partial charge in [0.05, 0.1) is 7.11 Å². The van der Waals surface area contributed by atoms with Gasteiger partial charge in [-0.2, -0.15) is 0 Å². The largest absolute Gasteiger partial charge is 0.339 e. The van der Waals surface area contributed by atoms with Crippen molar-refractivity contribution in [3.63, 3.8) is 0 Å². The number of hydrogen-bond donors (Lipinski definition) is 0. The van der Waals surface area contributed by atoms with Crippen molar-refractivity contribution < 1.29 is 14.3 Å². The van der Waals surface area contributed by atoms with Crippen LogP contribution < -0.4 is 0 Å². The highest BCUT2D eigenvalue weighted by molar-refractivity contribution is 4.73. The van der Waals surface area contributed by atoms with E-state index in [1.165, 1.54) is 0 Å². The van der Waals surface area contributed by atoms with Gasteiger partial charge in [-0.25, -0.2) is 0 Å². The van der Waals surface area contributed by atoms with Gasteiger partial charge in [-0.1, -0.05) is 0 Å². The van der Waals surface area contributed by atoms with Crippen molar-refractivity contribution in [1.29, 1.82) is 0 Å². The Morgan fingerprint density at radius 2 is 1.82 bits per heavy atom. The number of nitrogens with zero attached hydrogens (tertiary/aromatic N) is 1. The van der Waals surface area contributed by atoms with E-state index in [9.17, 15) is 0 Å². The Balaban J connectivity index is 2.63. The van der Waals surface area contributed by atoms with Crippen molar-refractivity contribution in [2.75, 3.05) is 27.9 Å². The molecule has 1 aliphatic heterocycles. The van der Waals surface area contributed by atoms with E-state index >= 15 is 0 Å². The highest BCUT2D eigenvalue weighted by Gasteiger charge is 2.42. The predicted octanol–water partition coefficient (Wildman–Crippen LogP) is 0.590. The molecule has 0 aromatic carbocycles. The van der Waals surface area contributed by atoms with E-state index in [1.54, 1.807) is 26.4 Å². The number of hydroxylamine groups is 2. The van der Waals surface area contributed by atoms with Crippen LogP contribution in [0.5, 0.6) is 0 Å². The molecule has 0 atom stereocenters. The maximum absolute atomic E-state index is 5.23. The predicted molar refractivity (Wildman–Crippen MR) is 39.7 cm³/mol. The summed E-state index contributed by atoms with van der Waals surface area (Å²) < 4.78 is 10.5. The van der Waals surface area contributed by atoms with E-state index in [1.807, 2.05) is 0 Å². The fraction of sp³-hybridized carbons (Fsp3) is 1.00. The van der Waals surface area contributed by atoms with Crippen LogP contribution in [0.25, 0.3) is 0 Å². The first-order chi connectivity index (χ1) is 5.29. The smallest absolute Gasteiger partial charge is 0.251 e. The third-order valence-corrected chi connectivity index (χ3v) is 2.09. The summed E-state index contributed by atoms with van der Waals surface area (Å²) in [6.45, 7) is 0.859. The molecule has 0 N–H and O–H groups in total. The fourth-order valence-corrected chi connectivity index (χ4v) is 1.46. The van der Waals surface area contributed by atoms with Gasteiger partial charge in [0.2, 0.25) is 0 Å². The molecule has 1 heterocycles. The molecule has 0 unspecified atom stereocenters. The Morgan fingerprint density at radius 1 is 1.18 bits per heavy atom. The zero-order chi connectivity index (χ0) is 8.32. The lowest BCUT2D eigenvalue weighted by atomic mass is 10.3. The van der Waals surface area contributed by atoms with Crippen LogP contribution in [-0.2, 0) is 14.3 Å². The summed E-state index contributed by atoms with van der Waals surface area (Å²) in [4.78, 5) is 5.09. The van der Waals surface area contributed by atoms with Gasteiger partial charge < -0.3 is 9.47 Å². The molecule has 1 rings (SSSR count). The molecule has 0 spiro atoms. The van der Waals surface area contributed by atoms with Gasteiger partial charge in [-0.3, -0.25) is 4.84 Å². The minimum absolute atomic E-state index is 0.644. The van der Waals surface area contributed by atoms with Gasteiger partial charge in [0.25, 0.3) is 5.91 Å². The summed E-state index contributed by atoms with van der Waals surface area (Å²) in [5.74, 6) is -0.644. The maximum Gasteiger partial charge on any atom is 0.251 e. The van der Waals surface area contributed by atoms with Crippen LogP contribution in [0.3, 0.4) is 0 Å². The summed E-state index contributed by atoms with van der Waals surface area (Å²) in [5.41, 5.74) is 0. The van der Waals surface area contributed by atoms with E-state index < -0.39 is 5.91 Å². The van der Waals surface area contributed by atoms with Crippen LogP contribution >= 0.6 is 0 Å². The first-order valence-electron chi connectivity index (χ1n) is 3.71. The molecule has 0 radical (unpaired) electrons. The molecule has 0 saturated carbocycles. The zero-order valence-electron chi connectivity index (χ0n) is 7.29. The molecule has 11 heavy (non-hydrogen) atoms. The lowest BCUT2D eigenvalue weighted by Crippen LogP contribution is -2.46. The summed E-state index contributed by atoms with van der Waals surface area (Å²) >= 11 is 0. The second-order valence-corrected chi connectivity index (χ2v) is 2.51. The number of hydrogen-bond acceptors (Lipinski definition) is 4. The Kier molecular flexibility index (Phi) is 2.84. The highest BCUT2D eigenvalue weighted by Crippen LogP contribution is 2.30.